The Morgan fingerprint density at radius 2 is 2.12 bits per heavy atom. The van der Waals surface area contributed by atoms with Crippen molar-refractivity contribution in [1.82, 2.24) is 10.2 Å². The smallest absolute Gasteiger partial charge is 0.252 e. The van der Waals surface area contributed by atoms with E-state index in [-0.39, 0.29) is 37.4 Å². The Hall–Kier alpha value is -1.92. The quantitative estimate of drug-likeness (QED) is 0.793. The second kappa shape index (κ2) is 7.97. The van der Waals surface area contributed by atoms with Gasteiger partial charge in [0.05, 0.1) is 6.54 Å². The molecule has 1 heterocycles. The van der Waals surface area contributed by atoms with E-state index in [1.807, 2.05) is 5.38 Å². The summed E-state index contributed by atoms with van der Waals surface area (Å²) in [5.41, 5.74) is 0.932. The molecule has 1 saturated carbocycles. The van der Waals surface area contributed by atoms with Gasteiger partial charge in [0, 0.05) is 40.5 Å². The molecule has 0 aliphatic heterocycles. The average molecular weight is 381 g/mol. The number of benzene rings is 1. The molecule has 1 fully saturated rings. The van der Waals surface area contributed by atoms with Gasteiger partial charge in [-0.2, -0.15) is 11.3 Å². The molecule has 0 radical (unpaired) electrons. The Labute approximate surface area is 154 Å². The minimum Gasteiger partial charge on any atom is -0.351 e. The SMILES string of the molecule is O=C(NCCC(=O)N(Cc1c(F)cccc1Cl)C1CC1)c1ccsc1. The van der Waals surface area contributed by atoms with Gasteiger partial charge in [0.25, 0.3) is 5.91 Å². The molecule has 1 aromatic heterocycles. The zero-order valence-electron chi connectivity index (χ0n) is 13.5. The fourth-order valence-electron chi connectivity index (χ4n) is 2.58. The van der Waals surface area contributed by atoms with Crippen molar-refractivity contribution in [1.29, 1.82) is 0 Å². The summed E-state index contributed by atoms with van der Waals surface area (Å²) in [5.74, 6) is -0.701. The van der Waals surface area contributed by atoms with Crippen LogP contribution in [0.3, 0.4) is 0 Å². The number of nitrogens with one attached hydrogen (secondary N) is 1. The third-order valence-electron chi connectivity index (χ3n) is 4.11. The van der Waals surface area contributed by atoms with Crippen LogP contribution in [0.4, 0.5) is 4.39 Å². The van der Waals surface area contributed by atoms with Gasteiger partial charge in [0.2, 0.25) is 5.91 Å². The van der Waals surface area contributed by atoms with Gasteiger partial charge >= 0.3 is 0 Å². The van der Waals surface area contributed by atoms with Crippen molar-refractivity contribution < 1.29 is 14.0 Å². The van der Waals surface area contributed by atoms with E-state index in [0.29, 0.717) is 16.1 Å². The van der Waals surface area contributed by atoms with Crippen LogP contribution < -0.4 is 5.32 Å². The Balaban J connectivity index is 1.57. The van der Waals surface area contributed by atoms with Gasteiger partial charge in [0.1, 0.15) is 5.82 Å². The molecule has 0 spiro atoms. The maximum absolute atomic E-state index is 14.0. The Morgan fingerprint density at radius 3 is 2.76 bits per heavy atom. The second-order valence-electron chi connectivity index (χ2n) is 5.97. The fraction of sp³-hybridized carbons (Fsp3) is 0.333. The summed E-state index contributed by atoms with van der Waals surface area (Å²) in [6, 6.07) is 6.38. The summed E-state index contributed by atoms with van der Waals surface area (Å²) in [5, 5.41) is 6.64. The molecule has 1 aromatic carbocycles. The lowest BCUT2D eigenvalue weighted by atomic mass is 10.2. The highest BCUT2D eigenvalue weighted by atomic mass is 35.5. The maximum atomic E-state index is 14.0. The third kappa shape index (κ3) is 4.58. The second-order valence-corrected chi connectivity index (χ2v) is 7.16. The summed E-state index contributed by atoms with van der Waals surface area (Å²) in [6.45, 7) is 0.412. The molecular formula is C18H18ClFN2O2S. The van der Waals surface area contributed by atoms with Crippen LogP contribution in [0.1, 0.15) is 35.2 Å². The van der Waals surface area contributed by atoms with E-state index in [1.54, 1.807) is 28.5 Å². The number of halogens is 2. The first-order chi connectivity index (χ1) is 12.1. The number of rotatable bonds is 7. The maximum Gasteiger partial charge on any atom is 0.252 e. The van der Waals surface area contributed by atoms with Crippen molar-refractivity contribution in [2.75, 3.05) is 6.54 Å². The molecule has 1 aliphatic carbocycles. The van der Waals surface area contributed by atoms with Crippen molar-refractivity contribution >= 4 is 34.8 Å². The van der Waals surface area contributed by atoms with Crippen LogP contribution >= 0.6 is 22.9 Å². The molecule has 132 valence electrons. The molecule has 0 bridgehead atoms. The zero-order valence-corrected chi connectivity index (χ0v) is 15.1. The van der Waals surface area contributed by atoms with Gasteiger partial charge < -0.3 is 10.2 Å². The van der Waals surface area contributed by atoms with Gasteiger partial charge in [-0.3, -0.25) is 9.59 Å². The largest absolute Gasteiger partial charge is 0.351 e. The zero-order chi connectivity index (χ0) is 17.8. The van der Waals surface area contributed by atoms with Crippen molar-refractivity contribution in [3.8, 4) is 0 Å². The Kier molecular flexibility index (Phi) is 5.71. The van der Waals surface area contributed by atoms with E-state index in [9.17, 15) is 14.0 Å². The lowest BCUT2D eigenvalue weighted by Gasteiger charge is -2.23. The lowest BCUT2D eigenvalue weighted by molar-refractivity contribution is -0.132. The van der Waals surface area contributed by atoms with Gasteiger partial charge in [-0.25, -0.2) is 4.39 Å². The number of hydrogen-bond donors (Lipinski definition) is 1. The third-order valence-corrected chi connectivity index (χ3v) is 5.14. The van der Waals surface area contributed by atoms with E-state index in [0.717, 1.165) is 12.8 Å². The van der Waals surface area contributed by atoms with E-state index < -0.39 is 5.82 Å². The number of amides is 2. The Bertz CT molecular complexity index is 742. The molecule has 1 aliphatic rings. The molecule has 1 N–H and O–H groups in total. The molecule has 0 saturated heterocycles. The molecular weight excluding hydrogens is 363 g/mol. The number of carbonyl (C=O) groups is 2. The van der Waals surface area contributed by atoms with E-state index in [4.69, 9.17) is 11.6 Å². The molecule has 7 heteroatoms. The number of hydrogen-bond acceptors (Lipinski definition) is 3. The van der Waals surface area contributed by atoms with E-state index >= 15 is 0 Å². The number of nitrogens with zero attached hydrogens (tertiary/aromatic N) is 1. The topological polar surface area (TPSA) is 49.4 Å². The van der Waals surface area contributed by atoms with Crippen molar-refractivity contribution in [3.05, 3.63) is 57.0 Å². The first-order valence-corrected chi connectivity index (χ1v) is 9.41. The first-order valence-electron chi connectivity index (χ1n) is 8.09. The minimum atomic E-state index is -0.406. The van der Waals surface area contributed by atoms with Crippen LogP contribution in [-0.2, 0) is 11.3 Å². The molecule has 2 aromatic rings. The summed E-state index contributed by atoms with van der Waals surface area (Å²) in [6.07, 6.45) is 2.01. The predicted octanol–water partition coefficient (Wildman–Crippen LogP) is 3.85. The predicted molar refractivity (Wildman–Crippen MR) is 96.3 cm³/mol. The summed E-state index contributed by atoms with van der Waals surface area (Å²) in [7, 11) is 0. The molecule has 2 amide bonds. The number of thiophene rings is 1. The lowest BCUT2D eigenvalue weighted by Crippen LogP contribution is -2.36. The van der Waals surface area contributed by atoms with Crippen LogP contribution in [-0.4, -0.2) is 29.3 Å². The monoisotopic (exact) mass is 380 g/mol. The van der Waals surface area contributed by atoms with Crippen LogP contribution in [0.5, 0.6) is 0 Å². The summed E-state index contributed by atoms with van der Waals surface area (Å²) >= 11 is 7.52. The van der Waals surface area contributed by atoms with E-state index in [2.05, 4.69) is 5.32 Å². The van der Waals surface area contributed by atoms with Crippen molar-refractivity contribution in [3.63, 3.8) is 0 Å². The molecule has 0 unspecified atom stereocenters. The van der Waals surface area contributed by atoms with Crippen LogP contribution in [0.15, 0.2) is 35.0 Å². The average Bonchev–Trinajstić information content (AvgIpc) is 3.26. The van der Waals surface area contributed by atoms with Crippen LogP contribution in [0.25, 0.3) is 0 Å². The highest BCUT2D eigenvalue weighted by Gasteiger charge is 2.33. The number of carbonyl (C=O) groups excluding carboxylic acids is 2. The molecule has 0 atom stereocenters. The fourth-order valence-corrected chi connectivity index (χ4v) is 3.44. The van der Waals surface area contributed by atoms with Crippen LogP contribution in [0.2, 0.25) is 5.02 Å². The van der Waals surface area contributed by atoms with Crippen molar-refractivity contribution in [2.24, 2.45) is 0 Å². The Morgan fingerprint density at radius 1 is 1.32 bits per heavy atom. The standard InChI is InChI=1S/C18H18ClFN2O2S/c19-15-2-1-3-16(20)14(15)10-22(13-4-5-13)17(23)6-8-21-18(24)12-7-9-25-11-12/h1-3,7,9,11,13H,4-6,8,10H2,(H,21,24). The highest BCUT2D eigenvalue weighted by molar-refractivity contribution is 7.08. The molecule has 25 heavy (non-hydrogen) atoms. The molecule has 4 nitrogen and oxygen atoms in total. The minimum absolute atomic E-state index is 0.104. The normalized spacial score (nSPS) is 13.5. The van der Waals surface area contributed by atoms with Crippen molar-refractivity contribution in [2.45, 2.75) is 31.8 Å². The summed E-state index contributed by atoms with van der Waals surface area (Å²) < 4.78 is 14.0. The summed E-state index contributed by atoms with van der Waals surface area (Å²) in [4.78, 5) is 26.1. The first kappa shape index (κ1) is 17.9. The molecule has 3 rings (SSSR count). The van der Waals surface area contributed by atoms with Gasteiger partial charge in [0.15, 0.2) is 0 Å². The highest BCUT2D eigenvalue weighted by Crippen LogP contribution is 2.31. The van der Waals surface area contributed by atoms with Gasteiger partial charge in [-0.05, 0) is 36.4 Å². The van der Waals surface area contributed by atoms with E-state index in [1.165, 1.54) is 17.4 Å². The van der Waals surface area contributed by atoms with Crippen LogP contribution in [0, 0.1) is 5.82 Å². The van der Waals surface area contributed by atoms with Gasteiger partial charge in [-0.15, -0.1) is 0 Å². The van der Waals surface area contributed by atoms with Gasteiger partial charge in [-0.1, -0.05) is 17.7 Å².